The van der Waals surface area contributed by atoms with Gasteiger partial charge in [-0.3, -0.25) is 9.59 Å². The van der Waals surface area contributed by atoms with Crippen LogP contribution in [-0.4, -0.2) is 34.9 Å². The summed E-state index contributed by atoms with van der Waals surface area (Å²) in [7, 11) is 0. The summed E-state index contributed by atoms with van der Waals surface area (Å²) in [6.07, 6.45) is -0.444. The Morgan fingerprint density at radius 3 is 2.20 bits per heavy atom. The van der Waals surface area contributed by atoms with Crippen LogP contribution in [0.25, 0.3) is 0 Å². The minimum absolute atomic E-state index is 0.246. The van der Waals surface area contributed by atoms with Crippen molar-refractivity contribution in [1.82, 2.24) is 0 Å². The number of Topliss-reactive ketones (excluding diaryl/α,β-unsaturated/α-hetero) is 1. The van der Waals surface area contributed by atoms with Gasteiger partial charge in [0, 0.05) is 5.56 Å². The number of aliphatic carboxylic acids is 1. The minimum atomic E-state index is -1.15. The van der Waals surface area contributed by atoms with E-state index in [-0.39, 0.29) is 11.3 Å². The third-order valence-electron chi connectivity index (χ3n) is 2.46. The van der Waals surface area contributed by atoms with Crippen molar-refractivity contribution in [3.63, 3.8) is 0 Å². The Morgan fingerprint density at radius 2 is 1.75 bits per heavy atom. The number of hydrogen-bond donors (Lipinski definition) is 3. The Bertz CT molecular complexity index is 510. The molecule has 1 aromatic rings. The lowest BCUT2D eigenvalue weighted by molar-refractivity contribution is -0.137. The molecular weight excluding hydrogens is 264 g/mol. The summed E-state index contributed by atoms with van der Waals surface area (Å²) in [6.45, 7) is 1.49. The van der Waals surface area contributed by atoms with Crippen LogP contribution >= 0.6 is 0 Å². The number of esters is 1. The quantitative estimate of drug-likeness (QED) is 0.377. The SMILES string of the molecule is C[C@H](N)C(=O)Oc1ccc(C(=O)[C@@H](N)CC(=O)O)cc1. The lowest BCUT2D eigenvalue weighted by Crippen LogP contribution is -2.33. The van der Waals surface area contributed by atoms with Gasteiger partial charge in [-0.2, -0.15) is 0 Å². The van der Waals surface area contributed by atoms with Crippen LogP contribution in [0.3, 0.4) is 0 Å². The molecule has 1 aromatic carbocycles. The van der Waals surface area contributed by atoms with Gasteiger partial charge >= 0.3 is 11.9 Å². The average Bonchev–Trinajstić information content (AvgIpc) is 2.37. The lowest BCUT2D eigenvalue weighted by atomic mass is 10.0. The predicted molar refractivity (Wildman–Crippen MR) is 70.3 cm³/mol. The fourth-order valence-electron chi connectivity index (χ4n) is 1.39. The largest absolute Gasteiger partial charge is 0.481 e. The number of carbonyl (C=O) groups excluding carboxylic acids is 2. The van der Waals surface area contributed by atoms with Crippen molar-refractivity contribution in [2.75, 3.05) is 0 Å². The van der Waals surface area contributed by atoms with Gasteiger partial charge in [-0.15, -0.1) is 0 Å². The van der Waals surface area contributed by atoms with Gasteiger partial charge in [-0.25, -0.2) is 4.79 Å². The molecule has 0 aromatic heterocycles. The fraction of sp³-hybridized carbons (Fsp3) is 0.308. The Kier molecular flexibility index (Phi) is 5.36. The summed E-state index contributed by atoms with van der Waals surface area (Å²) >= 11 is 0. The minimum Gasteiger partial charge on any atom is -0.481 e. The standard InChI is InChI=1S/C13H16N2O5/c1-7(14)13(19)20-9-4-2-8(3-5-9)12(18)10(15)6-11(16)17/h2-5,7,10H,6,14-15H2,1H3,(H,16,17)/t7-,10-/m0/s1. The van der Waals surface area contributed by atoms with Crippen molar-refractivity contribution >= 4 is 17.7 Å². The van der Waals surface area contributed by atoms with Crippen LogP contribution in [0.4, 0.5) is 0 Å². The molecule has 7 nitrogen and oxygen atoms in total. The van der Waals surface area contributed by atoms with Gasteiger partial charge in [0.15, 0.2) is 5.78 Å². The molecule has 0 heterocycles. The Balaban J connectivity index is 2.73. The van der Waals surface area contributed by atoms with E-state index in [0.717, 1.165) is 0 Å². The number of carboxylic acids is 1. The first-order valence-electron chi connectivity index (χ1n) is 5.90. The van der Waals surface area contributed by atoms with Gasteiger partial charge in [0.2, 0.25) is 0 Å². The third-order valence-corrected chi connectivity index (χ3v) is 2.46. The highest BCUT2D eigenvalue weighted by Gasteiger charge is 2.19. The number of nitrogens with two attached hydrogens (primary N) is 2. The molecule has 0 aliphatic carbocycles. The predicted octanol–water partition coefficient (Wildman–Crippen LogP) is -0.0761. The second-order valence-electron chi connectivity index (χ2n) is 4.30. The van der Waals surface area contributed by atoms with Gasteiger partial charge < -0.3 is 21.3 Å². The van der Waals surface area contributed by atoms with E-state index in [2.05, 4.69) is 0 Å². The van der Waals surface area contributed by atoms with E-state index < -0.39 is 36.2 Å². The number of ketones is 1. The van der Waals surface area contributed by atoms with Gasteiger partial charge in [-0.1, -0.05) is 0 Å². The lowest BCUT2D eigenvalue weighted by Gasteiger charge is -2.09. The smallest absolute Gasteiger partial charge is 0.328 e. The molecule has 0 aliphatic heterocycles. The van der Waals surface area contributed by atoms with Crippen molar-refractivity contribution in [3.8, 4) is 5.75 Å². The zero-order valence-corrected chi connectivity index (χ0v) is 10.9. The summed E-state index contributed by atoms with van der Waals surface area (Å²) in [6, 6.07) is 3.80. The fourth-order valence-corrected chi connectivity index (χ4v) is 1.39. The van der Waals surface area contributed by atoms with E-state index in [4.69, 9.17) is 21.3 Å². The van der Waals surface area contributed by atoms with Crippen LogP contribution in [0.15, 0.2) is 24.3 Å². The van der Waals surface area contributed by atoms with E-state index in [1.165, 1.54) is 31.2 Å². The molecule has 0 bridgehead atoms. The maximum atomic E-state index is 11.8. The Hall–Kier alpha value is -2.25. The van der Waals surface area contributed by atoms with Crippen molar-refractivity contribution < 1.29 is 24.2 Å². The summed E-state index contributed by atoms with van der Waals surface area (Å²) in [5.41, 5.74) is 11.1. The van der Waals surface area contributed by atoms with Crippen molar-refractivity contribution in [2.45, 2.75) is 25.4 Å². The van der Waals surface area contributed by atoms with Crippen LogP contribution in [0, 0.1) is 0 Å². The molecule has 0 fully saturated rings. The highest BCUT2D eigenvalue weighted by atomic mass is 16.5. The zero-order chi connectivity index (χ0) is 15.3. The molecule has 108 valence electrons. The van der Waals surface area contributed by atoms with Crippen molar-refractivity contribution in [3.05, 3.63) is 29.8 Å². The molecule has 0 spiro atoms. The topological polar surface area (TPSA) is 133 Å². The average molecular weight is 280 g/mol. The van der Waals surface area contributed by atoms with Crippen LogP contribution in [0.2, 0.25) is 0 Å². The zero-order valence-electron chi connectivity index (χ0n) is 10.9. The normalized spacial score (nSPS) is 13.3. The Labute approximate surface area is 115 Å². The van der Waals surface area contributed by atoms with E-state index in [9.17, 15) is 14.4 Å². The number of carboxylic acid groups (broad SMARTS) is 1. The highest BCUT2D eigenvalue weighted by Crippen LogP contribution is 2.14. The van der Waals surface area contributed by atoms with Gasteiger partial charge in [0.05, 0.1) is 12.5 Å². The summed E-state index contributed by atoms with van der Waals surface area (Å²) in [4.78, 5) is 33.6. The maximum absolute atomic E-state index is 11.8. The monoisotopic (exact) mass is 280 g/mol. The molecule has 1 rings (SSSR count). The summed E-state index contributed by atoms with van der Waals surface area (Å²) < 4.78 is 4.93. The maximum Gasteiger partial charge on any atom is 0.328 e. The van der Waals surface area contributed by atoms with Crippen LogP contribution < -0.4 is 16.2 Å². The second kappa shape index (κ2) is 6.78. The van der Waals surface area contributed by atoms with Gasteiger partial charge in [0.25, 0.3) is 0 Å². The summed E-state index contributed by atoms with van der Waals surface area (Å²) in [5, 5.41) is 8.57. The molecule has 7 heteroatoms. The van der Waals surface area contributed by atoms with Crippen molar-refractivity contribution in [2.24, 2.45) is 11.5 Å². The molecule has 20 heavy (non-hydrogen) atoms. The first-order valence-corrected chi connectivity index (χ1v) is 5.90. The molecule has 0 amide bonds. The molecule has 5 N–H and O–H groups in total. The Morgan fingerprint density at radius 1 is 1.20 bits per heavy atom. The molecule has 0 saturated carbocycles. The first-order chi connectivity index (χ1) is 9.31. The molecule has 0 radical (unpaired) electrons. The second-order valence-corrected chi connectivity index (χ2v) is 4.30. The van der Waals surface area contributed by atoms with E-state index in [1.807, 2.05) is 0 Å². The molecule has 0 unspecified atom stereocenters. The third kappa shape index (κ3) is 4.45. The van der Waals surface area contributed by atoms with E-state index >= 15 is 0 Å². The van der Waals surface area contributed by atoms with Crippen molar-refractivity contribution in [1.29, 1.82) is 0 Å². The van der Waals surface area contributed by atoms with Crippen LogP contribution in [-0.2, 0) is 9.59 Å². The number of ether oxygens (including phenoxy) is 1. The molecule has 0 saturated heterocycles. The van der Waals surface area contributed by atoms with Gasteiger partial charge in [0.1, 0.15) is 11.8 Å². The van der Waals surface area contributed by atoms with Crippen LogP contribution in [0.5, 0.6) is 5.75 Å². The number of benzene rings is 1. The van der Waals surface area contributed by atoms with E-state index in [1.54, 1.807) is 0 Å². The number of hydrogen-bond acceptors (Lipinski definition) is 6. The summed E-state index contributed by atoms with van der Waals surface area (Å²) in [5.74, 6) is -1.98. The van der Waals surface area contributed by atoms with E-state index in [0.29, 0.717) is 0 Å². The first kappa shape index (κ1) is 15.8. The molecular formula is C13H16N2O5. The molecule has 2 atom stereocenters. The number of rotatable bonds is 6. The van der Waals surface area contributed by atoms with Gasteiger partial charge in [-0.05, 0) is 31.2 Å². The van der Waals surface area contributed by atoms with Crippen LogP contribution in [0.1, 0.15) is 23.7 Å². The molecule has 0 aliphatic rings. The number of carbonyl (C=O) groups is 3. The highest BCUT2D eigenvalue weighted by molar-refractivity contribution is 6.01.